The zero-order valence-electron chi connectivity index (χ0n) is 8.44. The number of hydrogen-bond acceptors (Lipinski definition) is 1. The highest BCUT2D eigenvalue weighted by atomic mass is 79.9. The van der Waals surface area contributed by atoms with Crippen LogP contribution in [0.1, 0.15) is 12.0 Å². The van der Waals surface area contributed by atoms with E-state index in [-0.39, 0.29) is 0 Å². The molecule has 0 unspecified atom stereocenters. The van der Waals surface area contributed by atoms with Crippen molar-refractivity contribution in [2.75, 3.05) is 5.33 Å². The molecule has 2 aromatic rings. The molecule has 0 N–H and O–H groups in total. The molecule has 3 heteroatoms. The molecule has 78 valence electrons. The van der Waals surface area contributed by atoms with Crippen LogP contribution in [0, 0.1) is 0 Å². The molecule has 0 aliphatic rings. The number of hydrogen-bond donors (Lipinski definition) is 0. The van der Waals surface area contributed by atoms with Crippen molar-refractivity contribution >= 4 is 15.9 Å². The van der Waals surface area contributed by atoms with Gasteiger partial charge in [-0.05, 0) is 30.5 Å². The van der Waals surface area contributed by atoms with Gasteiger partial charge in [0.1, 0.15) is 0 Å². The van der Waals surface area contributed by atoms with Crippen molar-refractivity contribution in [3.63, 3.8) is 0 Å². The van der Waals surface area contributed by atoms with Crippen LogP contribution >= 0.6 is 15.9 Å². The summed E-state index contributed by atoms with van der Waals surface area (Å²) >= 11 is 3.46. The topological polar surface area (TPSA) is 17.8 Å². The largest absolute Gasteiger partial charge is 0.241 e. The van der Waals surface area contributed by atoms with E-state index in [1.165, 1.54) is 11.3 Å². The van der Waals surface area contributed by atoms with Gasteiger partial charge < -0.3 is 0 Å². The zero-order valence-corrected chi connectivity index (χ0v) is 10.0. The van der Waals surface area contributed by atoms with Crippen LogP contribution in [0.4, 0.5) is 0 Å². The second-order valence-corrected chi connectivity index (χ2v) is 4.16. The number of aryl methyl sites for hydroxylation is 1. The first-order valence-corrected chi connectivity index (χ1v) is 6.18. The molecule has 0 aliphatic carbocycles. The lowest BCUT2D eigenvalue weighted by molar-refractivity contribution is 0.843. The molecule has 0 spiro atoms. The molecule has 0 fully saturated rings. The molecular formula is C12H13BrN2. The Kier molecular flexibility index (Phi) is 3.56. The lowest BCUT2D eigenvalue weighted by atomic mass is 10.1. The van der Waals surface area contributed by atoms with Gasteiger partial charge in [0.05, 0.1) is 5.69 Å². The highest BCUT2D eigenvalue weighted by Crippen LogP contribution is 2.15. The van der Waals surface area contributed by atoms with E-state index in [1.54, 1.807) is 6.20 Å². The van der Waals surface area contributed by atoms with Crippen LogP contribution < -0.4 is 0 Å². The van der Waals surface area contributed by atoms with E-state index in [2.05, 4.69) is 45.3 Å². The highest BCUT2D eigenvalue weighted by Gasteiger charge is 2.02. The molecule has 2 nitrogen and oxygen atoms in total. The summed E-state index contributed by atoms with van der Waals surface area (Å²) in [5.74, 6) is 0. The first-order valence-electron chi connectivity index (χ1n) is 5.05. The third kappa shape index (κ3) is 2.48. The van der Waals surface area contributed by atoms with Crippen LogP contribution in [-0.4, -0.2) is 15.1 Å². The van der Waals surface area contributed by atoms with Crippen LogP contribution in [0.25, 0.3) is 5.69 Å². The van der Waals surface area contributed by atoms with E-state index in [9.17, 15) is 0 Å². The second-order valence-electron chi connectivity index (χ2n) is 3.37. The monoisotopic (exact) mass is 264 g/mol. The van der Waals surface area contributed by atoms with Crippen molar-refractivity contribution in [3.05, 3.63) is 48.3 Å². The predicted octanol–water partition coefficient (Wildman–Crippen LogP) is 3.20. The van der Waals surface area contributed by atoms with E-state index >= 15 is 0 Å². The Bertz CT molecular complexity index is 409. The predicted molar refractivity (Wildman–Crippen MR) is 65.7 cm³/mol. The van der Waals surface area contributed by atoms with Crippen molar-refractivity contribution < 1.29 is 0 Å². The number of para-hydroxylation sites is 1. The fourth-order valence-electron chi connectivity index (χ4n) is 1.61. The number of benzene rings is 1. The van der Waals surface area contributed by atoms with Crippen LogP contribution in [0.3, 0.4) is 0 Å². The Balaban J connectivity index is 2.30. The van der Waals surface area contributed by atoms with E-state index in [0.29, 0.717) is 0 Å². The lowest BCUT2D eigenvalue weighted by Gasteiger charge is -2.08. The van der Waals surface area contributed by atoms with Crippen molar-refractivity contribution in [1.82, 2.24) is 9.78 Å². The first-order chi connectivity index (χ1) is 7.42. The standard InChI is InChI=1S/C12H13BrN2/c13-8-3-6-11-5-1-2-7-12(11)15-10-4-9-14-15/h1-2,4-5,7,9-10H,3,6,8H2. The van der Waals surface area contributed by atoms with Crippen molar-refractivity contribution in [2.24, 2.45) is 0 Å². The smallest absolute Gasteiger partial charge is 0.0677 e. The molecule has 15 heavy (non-hydrogen) atoms. The van der Waals surface area contributed by atoms with E-state index in [0.717, 1.165) is 18.2 Å². The SMILES string of the molecule is BrCCCc1ccccc1-n1cccn1. The van der Waals surface area contributed by atoms with Gasteiger partial charge in [-0.1, -0.05) is 34.1 Å². The van der Waals surface area contributed by atoms with Gasteiger partial charge in [0.25, 0.3) is 0 Å². The van der Waals surface area contributed by atoms with Crippen LogP contribution in [-0.2, 0) is 6.42 Å². The molecule has 0 bridgehead atoms. The van der Waals surface area contributed by atoms with Crippen LogP contribution in [0.15, 0.2) is 42.7 Å². The Morgan fingerprint density at radius 3 is 2.80 bits per heavy atom. The minimum absolute atomic E-state index is 1.04. The maximum atomic E-state index is 4.26. The lowest BCUT2D eigenvalue weighted by Crippen LogP contribution is -2.00. The highest BCUT2D eigenvalue weighted by molar-refractivity contribution is 9.09. The van der Waals surface area contributed by atoms with E-state index in [4.69, 9.17) is 0 Å². The molecule has 2 rings (SSSR count). The second kappa shape index (κ2) is 5.12. The third-order valence-electron chi connectivity index (χ3n) is 2.32. The fraction of sp³-hybridized carbons (Fsp3) is 0.250. The van der Waals surface area contributed by atoms with Gasteiger partial charge in [-0.3, -0.25) is 0 Å². The molecule has 1 aromatic heterocycles. The summed E-state index contributed by atoms with van der Waals surface area (Å²) in [5, 5.41) is 5.30. The van der Waals surface area contributed by atoms with Crippen molar-refractivity contribution in [3.8, 4) is 5.69 Å². The Hall–Kier alpha value is -1.09. The first kappa shape index (κ1) is 10.4. The molecule has 0 aliphatic heterocycles. The van der Waals surface area contributed by atoms with Crippen molar-refractivity contribution in [1.29, 1.82) is 0 Å². The van der Waals surface area contributed by atoms with Crippen LogP contribution in [0.5, 0.6) is 0 Å². The number of aromatic nitrogens is 2. The number of rotatable bonds is 4. The van der Waals surface area contributed by atoms with Gasteiger partial charge in [0, 0.05) is 17.7 Å². The molecule has 0 atom stereocenters. The molecule has 1 heterocycles. The maximum absolute atomic E-state index is 4.26. The number of nitrogens with zero attached hydrogens (tertiary/aromatic N) is 2. The normalized spacial score (nSPS) is 10.5. The molecule has 0 saturated carbocycles. The molecule has 1 aromatic carbocycles. The summed E-state index contributed by atoms with van der Waals surface area (Å²) < 4.78 is 1.92. The maximum Gasteiger partial charge on any atom is 0.0677 e. The van der Waals surface area contributed by atoms with Gasteiger partial charge in [-0.2, -0.15) is 5.10 Å². The van der Waals surface area contributed by atoms with Crippen LogP contribution in [0.2, 0.25) is 0 Å². The summed E-state index contributed by atoms with van der Waals surface area (Å²) in [5.41, 5.74) is 2.53. The quantitative estimate of drug-likeness (QED) is 0.776. The Morgan fingerprint density at radius 1 is 1.20 bits per heavy atom. The fourth-order valence-corrected chi connectivity index (χ4v) is 1.89. The van der Waals surface area contributed by atoms with E-state index in [1.807, 2.05) is 16.9 Å². The van der Waals surface area contributed by atoms with Gasteiger partial charge in [0.2, 0.25) is 0 Å². The summed E-state index contributed by atoms with van der Waals surface area (Å²) in [6, 6.07) is 10.3. The minimum atomic E-state index is 1.04. The van der Waals surface area contributed by atoms with Crippen molar-refractivity contribution in [2.45, 2.75) is 12.8 Å². The number of halogens is 1. The zero-order chi connectivity index (χ0) is 10.5. The van der Waals surface area contributed by atoms with E-state index < -0.39 is 0 Å². The minimum Gasteiger partial charge on any atom is -0.241 e. The Morgan fingerprint density at radius 2 is 2.07 bits per heavy atom. The van der Waals surface area contributed by atoms with Gasteiger partial charge in [-0.25, -0.2) is 4.68 Å². The summed E-state index contributed by atoms with van der Waals surface area (Å²) in [6.07, 6.45) is 6.02. The van der Waals surface area contributed by atoms with Gasteiger partial charge >= 0.3 is 0 Å². The number of alkyl halides is 1. The molecule has 0 radical (unpaired) electrons. The van der Waals surface area contributed by atoms with Gasteiger partial charge in [-0.15, -0.1) is 0 Å². The average Bonchev–Trinajstić information content (AvgIpc) is 2.80. The summed E-state index contributed by atoms with van der Waals surface area (Å²) in [6.45, 7) is 0. The average molecular weight is 265 g/mol. The molecular weight excluding hydrogens is 252 g/mol. The van der Waals surface area contributed by atoms with Gasteiger partial charge in [0.15, 0.2) is 0 Å². The molecule has 0 saturated heterocycles. The summed E-state index contributed by atoms with van der Waals surface area (Å²) in [4.78, 5) is 0. The Labute approximate surface area is 98.1 Å². The molecule has 0 amide bonds. The summed E-state index contributed by atoms with van der Waals surface area (Å²) in [7, 11) is 0. The third-order valence-corrected chi connectivity index (χ3v) is 2.88.